The summed E-state index contributed by atoms with van der Waals surface area (Å²) < 4.78 is 1.93. The van der Waals surface area contributed by atoms with Crippen LogP contribution in [0, 0.1) is 6.92 Å². The molecule has 5 heteroatoms. The molecular formula is C14H24N4O. The van der Waals surface area contributed by atoms with E-state index in [2.05, 4.69) is 37.8 Å². The first-order valence-electron chi connectivity index (χ1n) is 6.83. The summed E-state index contributed by atoms with van der Waals surface area (Å²) in [5.74, 6) is 0.112. The molecule has 1 aliphatic rings. The number of hydrogen-bond donors (Lipinski definition) is 0. The number of carbonyl (C=O) groups excluding carboxylic acids is 1. The van der Waals surface area contributed by atoms with Crippen LogP contribution in [-0.2, 0) is 5.54 Å². The zero-order valence-corrected chi connectivity index (χ0v) is 12.6. The van der Waals surface area contributed by atoms with Crippen LogP contribution in [0.4, 0.5) is 0 Å². The predicted molar refractivity (Wildman–Crippen MR) is 75.4 cm³/mol. The van der Waals surface area contributed by atoms with E-state index in [1.54, 1.807) is 6.20 Å². The monoisotopic (exact) mass is 264 g/mol. The van der Waals surface area contributed by atoms with E-state index in [1.165, 1.54) is 0 Å². The van der Waals surface area contributed by atoms with E-state index < -0.39 is 0 Å². The molecular weight excluding hydrogens is 240 g/mol. The standard InChI is InChI=1S/C14H24N4O/c1-11-12(10-15-18(11)14(2,3)4)13(19)17-8-6-16(5)7-9-17/h10H,6-9H2,1-5H3. The number of aromatic nitrogens is 2. The summed E-state index contributed by atoms with van der Waals surface area (Å²) in [7, 11) is 2.09. The zero-order valence-electron chi connectivity index (χ0n) is 12.6. The highest BCUT2D eigenvalue weighted by Crippen LogP contribution is 2.19. The fourth-order valence-electron chi connectivity index (χ4n) is 2.48. The Balaban J connectivity index is 2.19. The van der Waals surface area contributed by atoms with Gasteiger partial charge in [0, 0.05) is 31.9 Å². The molecule has 5 nitrogen and oxygen atoms in total. The maximum atomic E-state index is 12.5. The molecule has 1 aromatic rings. The first kappa shape index (κ1) is 14.1. The molecule has 2 rings (SSSR count). The lowest BCUT2D eigenvalue weighted by molar-refractivity contribution is 0.0663. The molecule has 0 saturated carbocycles. The summed E-state index contributed by atoms with van der Waals surface area (Å²) in [5.41, 5.74) is 1.60. The third kappa shape index (κ3) is 2.81. The maximum absolute atomic E-state index is 12.5. The van der Waals surface area contributed by atoms with Crippen LogP contribution in [0.5, 0.6) is 0 Å². The van der Waals surface area contributed by atoms with Crippen LogP contribution in [0.3, 0.4) is 0 Å². The quantitative estimate of drug-likeness (QED) is 0.768. The topological polar surface area (TPSA) is 41.4 Å². The molecule has 0 spiro atoms. The van der Waals surface area contributed by atoms with E-state index in [1.807, 2.05) is 16.5 Å². The zero-order chi connectivity index (χ0) is 14.2. The highest BCUT2D eigenvalue weighted by Gasteiger charge is 2.26. The molecule has 0 aliphatic carbocycles. The van der Waals surface area contributed by atoms with Gasteiger partial charge in [-0.2, -0.15) is 5.10 Å². The average Bonchev–Trinajstić information content (AvgIpc) is 2.71. The summed E-state index contributed by atoms with van der Waals surface area (Å²) in [6, 6.07) is 0. The average molecular weight is 264 g/mol. The Kier molecular flexibility index (Phi) is 3.67. The van der Waals surface area contributed by atoms with Crippen molar-refractivity contribution in [2.45, 2.75) is 33.2 Å². The molecule has 19 heavy (non-hydrogen) atoms. The van der Waals surface area contributed by atoms with Crippen LogP contribution in [0.2, 0.25) is 0 Å². The van der Waals surface area contributed by atoms with Crippen LogP contribution in [0.25, 0.3) is 0 Å². The molecule has 0 N–H and O–H groups in total. The van der Waals surface area contributed by atoms with Crippen LogP contribution >= 0.6 is 0 Å². The molecule has 106 valence electrons. The van der Waals surface area contributed by atoms with Gasteiger partial charge >= 0.3 is 0 Å². The molecule has 1 amide bonds. The van der Waals surface area contributed by atoms with Gasteiger partial charge in [0.25, 0.3) is 5.91 Å². The second kappa shape index (κ2) is 4.96. The van der Waals surface area contributed by atoms with Crippen molar-refractivity contribution in [3.05, 3.63) is 17.5 Å². The number of nitrogens with zero attached hydrogens (tertiary/aromatic N) is 4. The van der Waals surface area contributed by atoms with Crippen LogP contribution in [0.15, 0.2) is 6.20 Å². The molecule has 1 saturated heterocycles. The molecule has 0 unspecified atom stereocenters. The Morgan fingerprint density at radius 1 is 1.21 bits per heavy atom. The van der Waals surface area contributed by atoms with Gasteiger partial charge in [-0.15, -0.1) is 0 Å². The van der Waals surface area contributed by atoms with Gasteiger partial charge in [0.05, 0.1) is 17.3 Å². The molecule has 1 aromatic heterocycles. The fourth-order valence-corrected chi connectivity index (χ4v) is 2.48. The van der Waals surface area contributed by atoms with Crippen LogP contribution in [0.1, 0.15) is 36.8 Å². The van der Waals surface area contributed by atoms with Crippen molar-refractivity contribution in [3.8, 4) is 0 Å². The number of amides is 1. The van der Waals surface area contributed by atoms with Crippen molar-refractivity contribution >= 4 is 5.91 Å². The Hall–Kier alpha value is -1.36. The van der Waals surface area contributed by atoms with Crippen molar-refractivity contribution in [2.24, 2.45) is 0 Å². The van der Waals surface area contributed by atoms with Crippen molar-refractivity contribution < 1.29 is 4.79 Å². The Morgan fingerprint density at radius 2 is 1.79 bits per heavy atom. The van der Waals surface area contributed by atoms with Crippen molar-refractivity contribution in [1.82, 2.24) is 19.6 Å². The molecule has 0 atom stereocenters. The van der Waals surface area contributed by atoms with Gasteiger partial charge in [0.1, 0.15) is 0 Å². The normalized spacial score (nSPS) is 17.8. The molecule has 0 bridgehead atoms. The second-order valence-electron chi connectivity index (χ2n) is 6.32. The minimum atomic E-state index is -0.0925. The van der Waals surface area contributed by atoms with Crippen molar-refractivity contribution in [2.75, 3.05) is 33.2 Å². The fraction of sp³-hybridized carbons (Fsp3) is 0.714. The lowest BCUT2D eigenvalue weighted by Gasteiger charge is -2.32. The maximum Gasteiger partial charge on any atom is 0.257 e. The molecule has 2 heterocycles. The van der Waals surface area contributed by atoms with Gasteiger partial charge in [-0.3, -0.25) is 9.48 Å². The van der Waals surface area contributed by atoms with E-state index in [0.717, 1.165) is 37.4 Å². The van der Waals surface area contributed by atoms with Gasteiger partial charge in [0.2, 0.25) is 0 Å². The third-order valence-electron chi connectivity index (χ3n) is 3.67. The lowest BCUT2D eigenvalue weighted by Crippen LogP contribution is -2.47. The van der Waals surface area contributed by atoms with Gasteiger partial charge < -0.3 is 9.80 Å². The van der Waals surface area contributed by atoms with Gasteiger partial charge in [-0.05, 0) is 34.7 Å². The van der Waals surface area contributed by atoms with Gasteiger partial charge in [0.15, 0.2) is 0 Å². The summed E-state index contributed by atoms with van der Waals surface area (Å²) in [6.07, 6.45) is 1.71. The first-order valence-corrected chi connectivity index (χ1v) is 6.83. The first-order chi connectivity index (χ1) is 8.80. The van der Waals surface area contributed by atoms with E-state index in [-0.39, 0.29) is 11.4 Å². The molecule has 0 aromatic carbocycles. The summed E-state index contributed by atoms with van der Waals surface area (Å²) in [4.78, 5) is 16.7. The highest BCUT2D eigenvalue weighted by atomic mass is 16.2. The largest absolute Gasteiger partial charge is 0.336 e. The highest BCUT2D eigenvalue weighted by molar-refractivity contribution is 5.95. The number of piperazine rings is 1. The van der Waals surface area contributed by atoms with Crippen LogP contribution < -0.4 is 0 Å². The van der Waals surface area contributed by atoms with E-state index >= 15 is 0 Å². The molecule has 0 radical (unpaired) electrons. The molecule has 1 aliphatic heterocycles. The number of likely N-dealkylation sites (N-methyl/N-ethyl adjacent to an activating group) is 1. The van der Waals surface area contributed by atoms with E-state index in [4.69, 9.17) is 0 Å². The summed E-state index contributed by atoms with van der Waals surface area (Å²) >= 11 is 0. The van der Waals surface area contributed by atoms with Gasteiger partial charge in [-0.25, -0.2) is 0 Å². The number of carbonyl (C=O) groups is 1. The minimum absolute atomic E-state index is 0.0925. The van der Waals surface area contributed by atoms with Crippen molar-refractivity contribution in [1.29, 1.82) is 0 Å². The Bertz CT molecular complexity index is 464. The third-order valence-corrected chi connectivity index (χ3v) is 3.67. The van der Waals surface area contributed by atoms with E-state index in [9.17, 15) is 4.79 Å². The Labute approximate surface area is 115 Å². The second-order valence-corrected chi connectivity index (χ2v) is 6.32. The Morgan fingerprint density at radius 3 is 2.26 bits per heavy atom. The number of rotatable bonds is 1. The lowest BCUT2D eigenvalue weighted by atomic mass is 10.1. The smallest absolute Gasteiger partial charge is 0.257 e. The van der Waals surface area contributed by atoms with Gasteiger partial charge in [-0.1, -0.05) is 0 Å². The summed E-state index contributed by atoms with van der Waals surface area (Å²) in [6.45, 7) is 11.7. The van der Waals surface area contributed by atoms with E-state index in [0.29, 0.717) is 0 Å². The SMILES string of the molecule is Cc1c(C(=O)N2CCN(C)CC2)cnn1C(C)(C)C. The molecule has 1 fully saturated rings. The minimum Gasteiger partial charge on any atom is -0.336 e. The van der Waals surface area contributed by atoms with Crippen molar-refractivity contribution in [3.63, 3.8) is 0 Å². The predicted octanol–water partition coefficient (Wildman–Crippen LogP) is 1.33. The summed E-state index contributed by atoms with van der Waals surface area (Å²) in [5, 5.41) is 4.38. The van der Waals surface area contributed by atoms with Crippen LogP contribution in [-0.4, -0.2) is 58.7 Å². The number of hydrogen-bond acceptors (Lipinski definition) is 3.